The summed E-state index contributed by atoms with van der Waals surface area (Å²) < 4.78 is 40.3. The highest BCUT2D eigenvalue weighted by Crippen LogP contribution is 2.30. The van der Waals surface area contributed by atoms with E-state index in [2.05, 4.69) is 4.74 Å². The highest BCUT2D eigenvalue weighted by Gasteiger charge is 2.31. The Kier molecular flexibility index (Phi) is 3.14. The molecule has 0 aromatic heterocycles. The van der Waals surface area contributed by atoms with Crippen LogP contribution in [0.25, 0.3) is 11.1 Å². The highest BCUT2D eigenvalue weighted by molar-refractivity contribution is 5.69. The fourth-order valence-electron chi connectivity index (χ4n) is 1.61. The van der Waals surface area contributed by atoms with Crippen LogP contribution >= 0.6 is 0 Å². The van der Waals surface area contributed by atoms with Crippen molar-refractivity contribution in [3.63, 3.8) is 0 Å². The van der Waals surface area contributed by atoms with Gasteiger partial charge >= 0.3 is 6.36 Å². The number of nitrogens with two attached hydrogens (primary N) is 1. The summed E-state index contributed by atoms with van der Waals surface area (Å²) in [4.78, 5) is 0. The van der Waals surface area contributed by atoms with Crippen LogP contribution in [0.5, 0.6) is 5.75 Å². The molecule has 5 heteroatoms. The van der Waals surface area contributed by atoms with Gasteiger partial charge in [-0.2, -0.15) is 0 Å². The van der Waals surface area contributed by atoms with Crippen molar-refractivity contribution in [2.45, 2.75) is 6.36 Å². The van der Waals surface area contributed by atoms with Crippen LogP contribution in [0.4, 0.5) is 18.9 Å². The van der Waals surface area contributed by atoms with Gasteiger partial charge in [0.25, 0.3) is 0 Å². The van der Waals surface area contributed by atoms with Crippen molar-refractivity contribution in [3.05, 3.63) is 48.5 Å². The van der Waals surface area contributed by atoms with Crippen LogP contribution in [0.2, 0.25) is 0 Å². The maximum atomic E-state index is 12.1. The van der Waals surface area contributed by atoms with Crippen LogP contribution < -0.4 is 10.5 Å². The van der Waals surface area contributed by atoms with Crippen molar-refractivity contribution in [3.8, 4) is 16.9 Å². The summed E-state index contributed by atoms with van der Waals surface area (Å²) in [7, 11) is 0. The Hall–Kier alpha value is -2.17. The third-order valence-corrected chi connectivity index (χ3v) is 2.27. The predicted octanol–water partition coefficient (Wildman–Crippen LogP) is 3.83. The quantitative estimate of drug-likeness (QED) is 0.825. The van der Waals surface area contributed by atoms with Gasteiger partial charge in [0.1, 0.15) is 5.75 Å². The molecule has 0 fully saturated rings. The lowest BCUT2D eigenvalue weighted by atomic mass is 10.0. The van der Waals surface area contributed by atoms with Gasteiger partial charge in [-0.15, -0.1) is 13.2 Å². The first kappa shape index (κ1) is 12.3. The Morgan fingerprint density at radius 1 is 0.889 bits per heavy atom. The van der Waals surface area contributed by atoms with E-state index in [1.54, 1.807) is 30.3 Å². The summed E-state index contributed by atoms with van der Waals surface area (Å²) in [6.45, 7) is 0. The van der Waals surface area contributed by atoms with E-state index in [4.69, 9.17) is 5.73 Å². The van der Waals surface area contributed by atoms with Crippen LogP contribution in [-0.2, 0) is 0 Å². The molecule has 0 unspecified atom stereocenters. The Labute approximate surface area is 102 Å². The van der Waals surface area contributed by atoms with Gasteiger partial charge in [0.15, 0.2) is 0 Å². The monoisotopic (exact) mass is 253 g/mol. The molecule has 0 spiro atoms. The van der Waals surface area contributed by atoms with Gasteiger partial charge in [-0.25, -0.2) is 0 Å². The number of benzene rings is 2. The van der Waals surface area contributed by atoms with Gasteiger partial charge in [-0.05, 0) is 23.3 Å². The third-order valence-electron chi connectivity index (χ3n) is 2.27. The zero-order valence-electron chi connectivity index (χ0n) is 9.24. The van der Waals surface area contributed by atoms with E-state index >= 15 is 0 Å². The molecule has 2 aromatic rings. The average molecular weight is 253 g/mol. The Morgan fingerprint density at radius 2 is 1.56 bits per heavy atom. The second-order valence-corrected chi connectivity index (χ2v) is 3.70. The van der Waals surface area contributed by atoms with Crippen molar-refractivity contribution < 1.29 is 17.9 Å². The molecule has 0 aliphatic rings. The number of ether oxygens (including phenoxy) is 1. The van der Waals surface area contributed by atoms with Crippen molar-refractivity contribution in [1.29, 1.82) is 0 Å². The first-order valence-electron chi connectivity index (χ1n) is 5.16. The molecular formula is C13H10F3NO. The minimum atomic E-state index is -4.72. The largest absolute Gasteiger partial charge is 0.573 e. The van der Waals surface area contributed by atoms with E-state index in [-0.39, 0.29) is 11.4 Å². The third kappa shape index (κ3) is 3.16. The molecule has 0 atom stereocenters. The molecule has 2 rings (SSSR count). The molecule has 2 aromatic carbocycles. The van der Waals surface area contributed by atoms with Gasteiger partial charge in [-0.1, -0.05) is 30.3 Å². The highest BCUT2D eigenvalue weighted by atomic mass is 19.4. The summed E-state index contributed by atoms with van der Waals surface area (Å²) in [5, 5.41) is 0. The first-order chi connectivity index (χ1) is 8.44. The van der Waals surface area contributed by atoms with Gasteiger partial charge in [0.2, 0.25) is 0 Å². The van der Waals surface area contributed by atoms with Gasteiger partial charge < -0.3 is 10.5 Å². The van der Waals surface area contributed by atoms with Crippen LogP contribution in [0.3, 0.4) is 0 Å². The lowest BCUT2D eigenvalue weighted by Crippen LogP contribution is -2.17. The fraction of sp³-hybridized carbons (Fsp3) is 0.0769. The number of alkyl halides is 3. The van der Waals surface area contributed by atoms with E-state index in [0.717, 1.165) is 11.6 Å². The van der Waals surface area contributed by atoms with Crippen molar-refractivity contribution in [2.75, 3.05) is 5.73 Å². The number of hydrogen-bond donors (Lipinski definition) is 1. The standard InChI is InChI=1S/C13H10F3NO/c14-13(15,16)18-12-7-10(6-11(17)8-12)9-4-2-1-3-5-9/h1-8H,17H2. The molecule has 0 bridgehead atoms. The Balaban J connectivity index is 2.39. The number of hydrogen-bond acceptors (Lipinski definition) is 2. The number of nitrogen functional groups attached to an aromatic ring is 1. The molecule has 0 amide bonds. The minimum absolute atomic E-state index is 0.218. The Morgan fingerprint density at radius 3 is 2.17 bits per heavy atom. The summed E-state index contributed by atoms with van der Waals surface area (Å²) >= 11 is 0. The molecular weight excluding hydrogens is 243 g/mol. The molecule has 0 aliphatic carbocycles. The van der Waals surface area contributed by atoms with E-state index < -0.39 is 6.36 Å². The second kappa shape index (κ2) is 4.60. The van der Waals surface area contributed by atoms with E-state index in [1.165, 1.54) is 6.07 Å². The molecule has 94 valence electrons. The second-order valence-electron chi connectivity index (χ2n) is 3.70. The molecule has 2 nitrogen and oxygen atoms in total. The zero-order chi connectivity index (χ0) is 13.2. The van der Waals surface area contributed by atoms with Crippen LogP contribution in [0, 0.1) is 0 Å². The van der Waals surface area contributed by atoms with E-state index in [9.17, 15) is 13.2 Å². The number of halogens is 3. The minimum Gasteiger partial charge on any atom is -0.406 e. The van der Waals surface area contributed by atoms with Crippen molar-refractivity contribution >= 4 is 5.69 Å². The fourth-order valence-corrected chi connectivity index (χ4v) is 1.61. The van der Waals surface area contributed by atoms with Gasteiger partial charge in [0.05, 0.1) is 0 Å². The molecule has 0 saturated carbocycles. The van der Waals surface area contributed by atoms with Gasteiger partial charge in [-0.3, -0.25) is 0 Å². The normalized spacial score (nSPS) is 11.3. The van der Waals surface area contributed by atoms with Crippen LogP contribution in [-0.4, -0.2) is 6.36 Å². The maximum Gasteiger partial charge on any atom is 0.573 e. The topological polar surface area (TPSA) is 35.2 Å². The van der Waals surface area contributed by atoms with Crippen LogP contribution in [0.15, 0.2) is 48.5 Å². The van der Waals surface area contributed by atoms with Crippen molar-refractivity contribution in [2.24, 2.45) is 0 Å². The van der Waals surface area contributed by atoms with Crippen LogP contribution in [0.1, 0.15) is 0 Å². The summed E-state index contributed by atoms with van der Waals surface area (Å²) in [5.74, 6) is -0.318. The smallest absolute Gasteiger partial charge is 0.406 e. The van der Waals surface area contributed by atoms with Crippen molar-refractivity contribution in [1.82, 2.24) is 0 Å². The number of anilines is 1. The van der Waals surface area contributed by atoms with E-state index in [0.29, 0.717) is 5.56 Å². The molecule has 0 radical (unpaired) electrons. The molecule has 0 heterocycles. The zero-order valence-corrected chi connectivity index (χ0v) is 9.24. The first-order valence-corrected chi connectivity index (χ1v) is 5.16. The lowest BCUT2D eigenvalue weighted by Gasteiger charge is -2.11. The molecule has 2 N–H and O–H groups in total. The Bertz CT molecular complexity index is 538. The SMILES string of the molecule is Nc1cc(OC(F)(F)F)cc(-c2ccccc2)c1. The maximum absolute atomic E-state index is 12.1. The summed E-state index contributed by atoms with van der Waals surface area (Å²) in [6.07, 6.45) is -4.72. The molecule has 0 saturated heterocycles. The van der Waals surface area contributed by atoms with E-state index in [1.807, 2.05) is 6.07 Å². The van der Waals surface area contributed by atoms with Gasteiger partial charge in [0, 0.05) is 11.8 Å². The molecule has 18 heavy (non-hydrogen) atoms. The number of rotatable bonds is 2. The average Bonchev–Trinajstić information content (AvgIpc) is 2.27. The molecule has 0 aliphatic heterocycles. The lowest BCUT2D eigenvalue weighted by molar-refractivity contribution is -0.274. The predicted molar refractivity (Wildman–Crippen MR) is 63.0 cm³/mol. The summed E-state index contributed by atoms with van der Waals surface area (Å²) in [6, 6.07) is 13.0. The summed E-state index contributed by atoms with van der Waals surface area (Å²) in [5.41, 5.74) is 7.14.